The topological polar surface area (TPSA) is 77.0 Å². The first-order chi connectivity index (χ1) is 10.8. The number of aromatic nitrogens is 3. The number of piperidine rings is 1. The predicted molar refractivity (Wildman–Crippen MR) is 83.0 cm³/mol. The number of carbonyl (C=O) groups excluding carboxylic acids is 1. The zero-order valence-electron chi connectivity index (χ0n) is 12.6. The molecule has 0 bridgehead atoms. The summed E-state index contributed by atoms with van der Waals surface area (Å²) in [6, 6.07) is 7.57. The van der Waals surface area contributed by atoms with Crippen LogP contribution >= 0.6 is 0 Å². The molecule has 1 aromatic carbocycles. The van der Waals surface area contributed by atoms with Gasteiger partial charge in [-0.3, -0.25) is 9.48 Å². The van der Waals surface area contributed by atoms with Crippen LogP contribution in [-0.2, 0) is 13.1 Å². The molecule has 2 aromatic rings. The molecule has 2 heterocycles. The van der Waals surface area contributed by atoms with Gasteiger partial charge in [-0.1, -0.05) is 12.1 Å². The molecule has 1 amide bonds. The van der Waals surface area contributed by atoms with E-state index in [0.29, 0.717) is 12.5 Å². The van der Waals surface area contributed by atoms with Gasteiger partial charge >= 0.3 is 0 Å². The third-order valence-corrected chi connectivity index (χ3v) is 4.15. The van der Waals surface area contributed by atoms with Crippen LogP contribution in [0.15, 0.2) is 36.9 Å². The van der Waals surface area contributed by atoms with Crippen LogP contribution in [0.4, 0.5) is 0 Å². The summed E-state index contributed by atoms with van der Waals surface area (Å²) in [7, 11) is 0. The van der Waals surface area contributed by atoms with E-state index in [2.05, 4.69) is 10.1 Å². The summed E-state index contributed by atoms with van der Waals surface area (Å²) in [5.74, 6) is 0.537. The van der Waals surface area contributed by atoms with Crippen molar-refractivity contribution in [2.24, 2.45) is 11.7 Å². The van der Waals surface area contributed by atoms with E-state index in [-0.39, 0.29) is 5.91 Å². The minimum atomic E-state index is 0.104. The Kier molecular flexibility index (Phi) is 4.48. The van der Waals surface area contributed by atoms with Crippen molar-refractivity contribution in [1.29, 1.82) is 0 Å². The maximum absolute atomic E-state index is 12.6. The van der Waals surface area contributed by atoms with Gasteiger partial charge in [0.15, 0.2) is 0 Å². The summed E-state index contributed by atoms with van der Waals surface area (Å²) in [5, 5.41) is 4.15. The Hall–Kier alpha value is -2.21. The first-order valence-electron chi connectivity index (χ1n) is 7.67. The highest BCUT2D eigenvalue weighted by Crippen LogP contribution is 2.20. The van der Waals surface area contributed by atoms with Crippen molar-refractivity contribution in [2.75, 3.05) is 13.1 Å². The van der Waals surface area contributed by atoms with Crippen molar-refractivity contribution in [3.63, 3.8) is 0 Å². The Morgan fingerprint density at radius 3 is 2.82 bits per heavy atom. The molecule has 1 aromatic heterocycles. The van der Waals surface area contributed by atoms with Gasteiger partial charge in [-0.2, -0.15) is 5.10 Å². The molecule has 6 nitrogen and oxygen atoms in total. The Morgan fingerprint density at radius 2 is 2.14 bits per heavy atom. The van der Waals surface area contributed by atoms with E-state index in [1.165, 1.54) is 0 Å². The van der Waals surface area contributed by atoms with Crippen LogP contribution in [0, 0.1) is 5.92 Å². The molecule has 1 fully saturated rings. The zero-order chi connectivity index (χ0) is 15.4. The molecule has 2 N–H and O–H groups in total. The van der Waals surface area contributed by atoms with Crippen molar-refractivity contribution in [1.82, 2.24) is 19.7 Å². The number of hydrogen-bond donors (Lipinski definition) is 1. The van der Waals surface area contributed by atoms with E-state index in [1.807, 2.05) is 33.8 Å². The van der Waals surface area contributed by atoms with E-state index in [0.717, 1.165) is 43.6 Å². The fraction of sp³-hybridized carbons (Fsp3) is 0.438. The third-order valence-electron chi connectivity index (χ3n) is 4.15. The van der Waals surface area contributed by atoms with Gasteiger partial charge in [0.1, 0.15) is 12.7 Å². The molecule has 0 aliphatic carbocycles. The van der Waals surface area contributed by atoms with Crippen LogP contribution in [0.25, 0.3) is 0 Å². The largest absolute Gasteiger partial charge is 0.338 e. The van der Waals surface area contributed by atoms with Crippen molar-refractivity contribution >= 4 is 5.91 Å². The van der Waals surface area contributed by atoms with Gasteiger partial charge in [-0.05, 0) is 36.5 Å². The third kappa shape index (κ3) is 3.33. The highest BCUT2D eigenvalue weighted by atomic mass is 16.2. The fourth-order valence-electron chi connectivity index (χ4n) is 2.96. The number of rotatable bonds is 4. The predicted octanol–water partition coefficient (Wildman–Crippen LogP) is 1.29. The lowest BCUT2D eigenvalue weighted by atomic mass is 9.97. The lowest BCUT2D eigenvalue weighted by Gasteiger charge is -2.32. The lowest BCUT2D eigenvalue weighted by Crippen LogP contribution is -2.41. The minimum absolute atomic E-state index is 0.104. The molecular weight excluding hydrogens is 278 g/mol. The standard InChI is InChI=1S/C16H21N5O/c17-8-13-3-5-15(6-4-13)16(22)20-7-1-2-14(9-20)10-21-12-18-11-19-21/h3-6,11-12,14H,1-2,7-10,17H2/t14-/m0/s1. The second kappa shape index (κ2) is 6.70. The van der Waals surface area contributed by atoms with Gasteiger partial charge < -0.3 is 10.6 Å². The second-order valence-electron chi connectivity index (χ2n) is 5.78. The monoisotopic (exact) mass is 299 g/mol. The quantitative estimate of drug-likeness (QED) is 0.923. The zero-order valence-corrected chi connectivity index (χ0v) is 12.6. The second-order valence-corrected chi connectivity index (χ2v) is 5.78. The molecule has 0 unspecified atom stereocenters. The van der Waals surface area contributed by atoms with E-state index in [1.54, 1.807) is 12.7 Å². The molecule has 116 valence electrons. The number of likely N-dealkylation sites (tertiary alicyclic amines) is 1. The summed E-state index contributed by atoms with van der Waals surface area (Å²) in [5.41, 5.74) is 7.37. The average molecular weight is 299 g/mol. The van der Waals surface area contributed by atoms with Gasteiger partial charge in [-0.25, -0.2) is 4.98 Å². The molecule has 0 radical (unpaired) electrons. The number of hydrogen-bond acceptors (Lipinski definition) is 4. The van der Waals surface area contributed by atoms with Gasteiger partial charge in [0.05, 0.1) is 0 Å². The molecule has 1 saturated heterocycles. The van der Waals surface area contributed by atoms with Gasteiger partial charge in [0, 0.05) is 31.7 Å². The Labute approximate surface area is 129 Å². The van der Waals surface area contributed by atoms with Crippen LogP contribution in [-0.4, -0.2) is 38.7 Å². The van der Waals surface area contributed by atoms with Crippen molar-refractivity contribution < 1.29 is 4.79 Å². The average Bonchev–Trinajstić information content (AvgIpc) is 3.07. The minimum Gasteiger partial charge on any atom is -0.338 e. The summed E-state index contributed by atoms with van der Waals surface area (Å²) in [4.78, 5) is 18.5. The van der Waals surface area contributed by atoms with Crippen molar-refractivity contribution in [3.8, 4) is 0 Å². The number of nitrogens with two attached hydrogens (primary N) is 1. The van der Waals surface area contributed by atoms with E-state index >= 15 is 0 Å². The molecular formula is C16H21N5O. The molecule has 3 rings (SSSR count). The van der Waals surface area contributed by atoms with Crippen LogP contribution in [0.5, 0.6) is 0 Å². The normalized spacial score (nSPS) is 18.4. The molecule has 0 saturated carbocycles. The van der Waals surface area contributed by atoms with Crippen molar-refractivity contribution in [2.45, 2.75) is 25.9 Å². The molecule has 1 aliphatic rings. The highest BCUT2D eigenvalue weighted by Gasteiger charge is 2.24. The van der Waals surface area contributed by atoms with E-state index < -0.39 is 0 Å². The van der Waals surface area contributed by atoms with Crippen LogP contribution < -0.4 is 5.73 Å². The fourth-order valence-corrected chi connectivity index (χ4v) is 2.96. The van der Waals surface area contributed by atoms with Crippen molar-refractivity contribution in [3.05, 3.63) is 48.0 Å². The summed E-state index contributed by atoms with van der Waals surface area (Å²) in [6.07, 6.45) is 5.43. The Bertz CT molecular complexity index is 608. The summed E-state index contributed by atoms with van der Waals surface area (Å²) >= 11 is 0. The van der Waals surface area contributed by atoms with Gasteiger partial charge in [0.25, 0.3) is 5.91 Å². The molecule has 22 heavy (non-hydrogen) atoms. The number of nitrogens with zero attached hydrogens (tertiary/aromatic N) is 4. The first kappa shape index (κ1) is 14.7. The van der Waals surface area contributed by atoms with Gasteiger partial charge in [0.2, 0.25) is 0 Å². The smallest absolute Gasteiger partial charge is 0.253 e. The molecule has 6 heteroatoms. The Morgan fingerprint density at radius 1 is 1.32 bits per heavy atom. The number of carbonyl (C=O) groups is 1. The molecule has 1 aliphatic heterocycles. The molecule has 0 spiro atoms. The maximum atomic E-state index is 12.6. The van der Waals surface area contributed by atoms with Crippen LogP contribution in [0.2, 0.25) is 0 Å². The summed E-state index contributed by atoms with van der Waals surface area (Å²) in [6.45, 7) is 2.91. The molecule has 1 atom stereocenters. The van der Waals surface area contributed by atoms with Crippen LogP contribution in [0.1, 0.15) is 28.8 Å². The Balaban J connectivity index is 1.64. The van der Waals surface area contributed by atoms with E-state index in [4.69, 9.17) is 5.73 Å². The maximum Gasteiger partial charge on any atom is 0.253 e. The summed E-state index contributed by atoms with van der Waals surface area (Å²) < 4.78 is 1.84. The first-order valence-corrected chi connectivity index (χ1v) is 7.67. The lowest BCUT2D eigenvalue weighted by molar-refractivity contribution is 0.0659. The van der Waals surface area contributed by atoms with Crippen LogP contribution in [0.3, 0.4) is 0 Å². The number of benzene rings is 1. The number of amides is 1. The van der Waals surface area contributed by atoms with E-state index in [9.17, 15) is 4.79 Å². The SMILES string of the molecule is NCc1ccc(C(=O)N2CCC[C@H](Cn3cncn3)C2)cc1. The van der Waals surface area contributed by atoms with Gasteiger partial charge in [-0.15, -0.1) is 0 Å². The highest BCUT2D eigenvalue weighted by molar-refractivity contribution is 5.94.